The van der Waals surface area contributed by atoms with Crippen LogP contribution in [0.5, 0.6) is 0 Å². The van der Waals surface area contributed by atoms with E-state index in [-0.39, 0.29) is 5.76 Å². The zero-order valence-electron chi connectivity index (χ0n) is 9.31. The number of nitrogens with two attached hydrogens (primary N) is 1. The Labute approximate surface area is 102 Å². The minimum atomic E-state index is -1.08. The van der Waals surface area contributed by atoms with Crippen LogP contribution in [0.3, 0.4) is 0 Å². The van der Waals surface area contributed by atoms with Gasteiger partial charge in [-0.15, -0.1) is 0 Å². The topological polar surface area (TPSA) is 92.2 Å². The monoisotopic (exact) mass is 242 g/mol. The van der Waals surface area contributed by atoms with Crippen LogP contribution in [0.25, 0.3) is 22.2 Å². The van der Waals surface area contributed by atoms with Gasteiger partial charge >= 0.3 is 5.97 Å². The molecule has 3 aromatic rings. The quantitative estimate of drug-likeness (QED) is 0.644. The van der Waals surface area contributed by atoms with Crippen molar-refractivity contribution in [1.82, 2.24) is 4.98 Å². The molecule has 0 atom stereocenters. The van der Waals surface area contributed by atoms with Gasteiger partial charge in [-0.2, -0.15) is 0 Å². The van der Waals surface area contributed by atoms with E-state index in [2.05, 4.69) is 4.98 Å². The molecular weight excluding hydrogens is 232 g/mol. The molecule has 1 aromatic carbocycles. The molecule has 0 unspecified atom stereocenters. The average Bonchev–Trinajstić information content (AvgIpc) is 2.96. The van der Waals surface area contributed by atoms with Gasteiger partial charge in [0.05, 0.1) is 5.69 Å². The lowest BCUT2D eigenvalue weighted by atomic mass is 10.1. The molecule has 0 bridgehead atoms. The number of hydrogen-bond donors (Lipinski definition) is 3. The van der Waals surface area contributed by atoms with Crippen LogP contribution in [0.15, 0.2) is 40.9 Å². The lowest BCUT2D eigenvalue weighted by Crippen LogP contribution is -1.91. The Morgan fingerprint density at radius 3 is 2.83 bits per heavy atom. The normalized spacial score (nSPS) is 10.9. The Bertz CT molecular complexity index is 740. The summed E-state index contributed by atoms with van der Waals surface area (Å²) in [7, 11) is 0. The molecule has 0 spiro atoms. The fraction of sp³-hybridized carbons (Fsp3) is 0. The van der Waals surface area contributed by atoms with Crippen LogP contribution in [-0.4, -0.2) is 16.1 Å². The summed E-state index contributed by atoms with van der Waals surface area (Å²) < 4.78 is 5.25. The lowest BCUT2D eigenvalue weighted by molar-refractivity contribution is 0.0663. The highest BCUT2D eigenvalue weighted by atomic mass is 16.4. The third kappa shape index (κ3) is 1.53. The second kappa shape index (κ2) is 3.66. The SMILES string of the molecule is Nc1c[nH]c2ccc(-c3ccc(C(=O)O)o3)cc12. The molecule has 5 nitrogen and oxygen atoms in total. The summed E-state index contributed by atoms with van der Waals surface area (Å²) in [6, 6.07) is 8.66. The minimum absolute atomic E-state index is 0.0767. The van der Waals surface area contributed by atoms with E-state index in [1.807, 2.05) is 18.2 Å². The highest BCUT2D eigenvalue weighted by Gasteiger charge is 2.11. The molecule has 0 saturated carbocycles. The van der Waals surface area contributed by atoms with Crippen molar-refractivity contribution in [2.75, 3.05) is 5.73 Å². The molecule has 0 saturated heterocycles. The van der Waals surface area contributed by atoms with Crippen LogP contribution < -0.4 is 5.73 Å². The fourth-order valence-electron chi connectivity index (χ4n) is 1.90. The standard InChI is InChI=1S/C13H10N2O3/c14-9-6-15-10-2-1-7(5-8(9)10)11-3-4-12(18-11)13(16)17/h1-6,15H,14H2,(H,16,17). The van der Waals surface area contributed by atoms with Crippen molar-refractivity contribution in [3.8, 4) is 11.3 Å². The number of aromatic amines is 1. The first-order chi connectivity index (χ1) is 8.65. The molecule has 0 fully saturated rings. The van der Waals surface area contributed by atoms with Crippen molar-refractivity contribution < 1.29 is 14.3 Å². The number of benzene rings is 1. The van der Waals surface area contributed by atoms with E-state index in [0.717, 1.165) is 16.5 Å². The first-order valence-electron chi connectivity index (χ1n) is 5.35. The van der Waals surface area contributed by atoms with Gasteiger partial charge in [0.15, 0.2) is 0 Å². The molecule has 0 aliphatic carbocycles. The van der Waals surface area contributed by atoms with Crippen molar-refractivity contribution in [2.45, 2.75) is 0 Å². The molecule has 5 heteroatoms. The smallest absolute Gasteiger partial charge is 0.371 e. The predicted molar refractivity (Wildman–Crippen MR) is 67.4 cm³/mol. The highest BCUT2D eigenvalue weighted by Crippen LogP contribution is 2.28. The van der Waals surface area contributed by atoms with Crippen LogP contribution in [-0.2, 0) is 0 Å². The molecule has 18 heavy (non-hydrogen) atoms. The summed E-state index contributed by atoms with van der Waals surface area (Å²) in [5.74, 6) is -0.648. The third-order valence-corrected chi connectivity index (χ3v) is 2.82. The van der Waals surface area contributed by atoms with E-state index in [1.165, 1.54) is 6.07 Å². The second-order valence-electron chi connectivity index (χ2n) is 3.97. The number of furan rings is 1. The van der Waals surface area contributed by atoms with Gasteiger partial charge in [0.2, 0.25) is 5.76 Å². The van der Waals surface area contributed by atoms with Gasteiger partial charge in [-0.3, -0.25) is 0 Å². The number of rotatable bonds is 2. The van der Waals surface area contributed by atoms with Crippen LogP contribution in [0, 0.1) is 0 Å². The van der Waals surface area contributed by atoms with Gasteiger partial charge < -0.3 is 20.2 Å². The molecule has 2 aromatic heterocycles. The number of H-pyrrole nitrogens is 1. The van der Waals surface area contributed by atoms with Crippen molar-refractivity contribution in [3.63, 3.8) is 0 Å². The summed E-state index contributed by atoms with van der Waals surface area (Å²) in [5.41, 5.74) is 8.20. The van der Waals surface area contributed by atoms with E-state index in [0.29, 0.717) is 11.4 Å². The van der Waals surface area contributed by atoms with Gasteiger partial charge in [-0.05, 0) is 30.3 Å². The Kier molecular flexibility index (Phi) is 2.13. The highest BCUT2D eigenvalue weighted by molar-refractivity contribution is 5.94. The Morgan fingerprint density at radius 2 is 2.11 bits per heavy atom. The van der Waals surface area contributed by atoms with Crippen LogP contribution >= 0.6 is 0 Å². The maximum Gasteiger partial charge on any atom is 0.371 e. The average molecular weight is 242 g/mol. The van der Waals surface area contributed by atoms with E-state index < -0.39 is 5.97 Å². The number of carboxylic acid groups (broad SMARTS) is 1. The zero-order chi connectivity index (χ0) is 12.7. The van der Waals surface area contributed by atoms with E-state index in [9.17, 15) is 4.79 Å². The number of nitrogen functional groups attached to an aromatic ring is 1. The number of carboxylic acids is 1. The predicted octanol–water partition coefficient (Wildman–Crippen LogP) is 2.71. The number of aromatic carboxylic acids is 1. The molecule has 3 rings (SSSR count). The Morgan fingerprint density at radius 1 is 1.28 bits per heavy atom. The largest absolute Gasteiger partial charge is 0.475 e. The number of carbonyl (C=O) groups is 1. The summed E-state index contributed by atoms with van der Waals surface area (Å²) in [6.07, 6.45) is 1.72. The van der Waals surface area contributed by atoms with Gasteiger partial charge in [-0.25, -0.2) is 4.79 Å². The van der Waals surface area contributed by atoms with E-state index in [1.54, 1.807) is 12.3 Å². The number of fused-ring (bicyclic) bond motifs is 1. The van der Waals surface area contributed by atoms with Crippen molar-refractivity contribution in [1.29, 1.82) is 0 Å². The molecule has 2 heterocycles. The van der Waals surface area contributed by atoms with Gasteiger partial charge in [-0.1, -0.05) is 0 Å². The van der Waals surface area contributed by atoms with E-state index >= 15 is 0 Å². The third-order valence-electron chi connectivity index (χ3n) is 2.82. The molecule has 90 valence electrons. The lowest BCUT2D eigenvalue weighted by Gasteiger charge is -1.98. The van der Waals surface area contributed by atoms with Crippen molar-refractivity contribution in [2.24, 2.45) is 0 Å². The molecule has 0 aliphatic heterocycles. The minimum Gasteiger partial charge on any atom is -0.475 e. The number of anilines is 1. The second-order valence-corrected chi connectivity index (χ2v) is 3.97. The molecule has 0 radical (unpaired) electrons. The summed E-state index contributed by atoms with van der Waals surface area (Å²) >= 11 is 0. The summed E-state index contributed by atoms with van der Waals surface area (Å²) in [6.45, 7) is 0. The molecular formula is C13H10N2O3. The molecule has 0 amide bonds. The number of nitrogens with one attached hydrogen (secondary N) is 1. The maximum absolute atomic E-state index is 10.8. The van der Waals surface area contributed by atoms with Crippen LogP contribution in [0.2, 0.25) is 0 Å². The number of aromatic nitrogens is 1. The van der Waals surface area contributed by atoms with Gasteiger partial charge in [0, 0.05) is 22.7 Å². The summed E-state index contributed by atoms with van der Waals surface area (Å²) in [5, 5.41) is 9.70. The Hall–Kier alpha value is -2.69. The van der Waals surface area contributed by atoms with Crippen molar-refractivity contribution >= 4 is 22.6 Å². The first kappa shape index (κ1) is 10.5. The number of hydrogen-bond acceptors (Lipinski definition) is 3. The summed E-state index contributed by atoms with van der Waals surface area (Å²) in [4.78, 5) is 13.8. The Balaban J connectivity index is 2.12. The van der Waals surface area contributed by atoms with Crippen LogP contribution in [0.1, 0.15) is 10.6 Å². The van der Waals surface area contributed by atoms with E-state index in [4.69, 9.17) is 15.3 Å². The fourth-order valence-corrected chi connectivity index (χ4v) is 1.90. The van der Waals surface area contributed by atoms with Crippen LogP contribution in [0.4, 0.5) is 5.69 Å². The molecule has 4 N–H and O–H groups in total. The van der Waals surface area contributed by atoms with Crippen molar-refractivity contribution in [3.05, 3.63) is 42.3 Å². The maximum atomic E-state index is 10.8. The first-order valence-corrected chi connectivity index (χ1v) is 5.35. The molecule has 0 aliphatic rings. The van der Waals surface area contributed by atoms with Gasteiger partial charge in [0.25, 0.3) is 0 Å². The zero-order valence-corrected chi connectivity index (χ0v) is 9.31. The van der Waals surface area contributed by atoms with Gasteiger partial charge in [0.1, 0.15) is 5.76 Å².